The molecular formula is C16H23IN6. The van der Waals surface area contributed by atoms with Crippen LogP contribution in [0.15, 0.2) is 42.0 Å². The first-order chi connectivity index (χ1) is 10.8. The van der Waals surface area contributed by atoms with Gasteiger partial charge in [0, 0.05) is 38.2 Å². The highest BCUT2D eigenvalue weighted by Crippen LogP contribution is 2.17. The molecule has 0 spiro atoms. The molecule has 1 fully saturated rings. The van der Waals surface area contributed by atoms with E-state index in [2.05, 4.69) is 31.7 Å². The van der Waals surface area contributed by atoms with E-state index in [0.717, 1.165) is 23.9 Å². The quantitative estimate of drug-likeness (QED) is 0.448. The van der Waals surface area contributed by atoms with Gasteiger partial charge in [-0.15, -0.1) is 24.0 Å². The van der Waals surface area contributed by atoms with Crippen LogP contribution in [0.5, 0.6) is 0 Å². The monoisotopic (exact) mass is 426 g/mol. The van der Waals surface area contributed by atoms with Crippen molar-refractivity contribution in [2.75, 3.05) is 7.05 Å². The Labute approximate surface area is 153 Å². The lowest BCUT2D eigenvalue weighted by atomic mass is 10.2. The standard InChI is InChI=1S/C16H22N6.HI/c1-17-16(21-14-4-2-3-5-14)20-11-13-6-7-19-15(10-13)22-9-8-18-12-22;/h6-10,12,14H,2-5,11H2,1H3,(H2,17,20,21);1H. The number of imidazole rings is 1. The van der Waals surface area contributed by atoms with Crippen LogP contribution in [0, 0.1) is 0 Å². The molecular weight excluding hydrogens is 403 g/mol. The number of aromatic nitrogens is 3. The maximum absolute atomic E-state index is 4.36. The van der Waals surface area contributed by atoms with E-state index in [9.17, 15) is 0 Å². The van der Waals surface area contributed by atoms with Gasteiger partial charge in [0.1, 0.15) is 12.1 Å². The predicted molar refractivity (Wildman–Crippen MR) is 102 cm³/mol. The Morgan fingerprint density at radius 2 is 2.17 bits per heavy atom. The van der Waals surface area contributed by atoms with Crippen molar-refractivity contribution < 1.29 is 0 Å². The van der Waals surface area contributed by atoms with Gasteiger partial charge in [-0.2, -0.15) is 0 Å². The van der Waals surface area contributed by atoms with E-state index in [1.807, 2.05) is 30.1 Å². The molecule has 0 bridgehead atoms. The smallest absolute Gasteiger partial charge is 0.191 e. The SMILES string of the molecule is CN=C(NCc1ccnc(-n2ccnc2)c1)NC1CCCC1.I. The summed E-state index contributed by atoms with van der Waals surface area (Å²) >= 11 is 0. The van der Waals surface area contributed by atoms with E-state index >= 15 is 0 Å². The molecule has 2 aromatic heterocycles. The van der Waals surface area contributed by atoms with Gasteiger partial charge in [0.25, 0.3) is 0 Å². The molecule has 1 aliphatic rings. The van der Waals surface area contributed by atoms with Crippen molar-refractivity contribution >= 4 is 29.9 Å². The van der Waals surface area contributed by atoms with Crippen LogP contribution in [0.3, 0.4) is 0 Å². The van der Waals surface area contributed by atoms with Crippen LogP contribution in [0.4, 0.5) is 0 Å². The lowest BCUT2D eigenvalue weighted by Crippen LogP contribution is -2.41. The number of guanidine groups is 1. The van der Waals surface area contributed by atoms with Crippen LogP contribution in [0.1, 0.15) is 31.2 Å². The van der Waals surface area contributed by atoms with Crippen LogP contribution in [0.25, 0.3) is 5.82 Å². The van der Waals surface area contributed by atoms with Gasteiger partial charge in [-0.05, 0) is 30.5 Å². The predicted octanol–water partition coefficient (Wildman–Crippen LogP) is 2.49. The highest BCUT2D eigenvalue weighted by molar-refractivity contribution is 14.0. The maximum Gasteiger partial charge on any atom is 0.191 e. The second kappa shape index (κ2) is 8.85. The second-order valence-electron chi connectivity index (χ2n) is 5.54. The zero-order valence-electron chi connectivity index (χ0n) is 13.3. The molecule has 1 saturated carbocycles. The lowest BCUT2D eigenvalue weighted by Gasteiger charge is -2.17. The highest BCUT2D eigenvalue weighted by Gasteiger charge is 2.15. The summed E-state index contributed by atoms with van der Waals surface area (Å²) in [4.78, 5) is 12.7. The highest BCUT2D eigenvalue weighted by atomic mass is 127. The molecule has 0 atom stereocenters. The molecule has 3 rings (SSSR count). The second-order valence-corrected chi connectivity index (χ2v) is 5.54. The number of nitrogens with one attached hydrogen (secondary N) is 2. The van der Waals surface area contributed by atoms with Crippen LogP contribution in [-0.2, 0) is 6.54 Å². The Balaban J connectivity index is 0.00000192. The van der Waals surface area contributed by atoms with E-state index in [0.29, 0.717) is 6.04 Å². The van der Waals surface area contributed by atoms with Crippen LogP contribution < -0.4 is 10.6 Å². The Kier molecular flexibility index (Phi) is 6.82. The first-order valence-corrected chi connectivity index (χ1v) is 7.75. The fraction of sp³-hybridized carbons (Fsp3) is 0.438. The van der Waals surface area contributed by atoms with Gasteiger partial charge in [-0.1, -0.05) is 12.8 Å². The van der Waals surface area contributed by atoms with Gasteiger partial charge in [-0.25, -0.2) is 9.97 Å². The molecule has 0 aliphatic heterocycles. The van der Waals surface area contributed by atoms with Gasteiger partial charge < -0.3 is 10.6 Å². The van der Waals surface area contributed by atoms with E-state index in [-0.39, 0.29) is 24.0 Å². The minimum absolute atomic E-state index is 0. The Morgan fingerprint density at radius 1 is 1.35 bits per heavy atom. The fourth-order valence-corrected chi connectivity index (χ4v) is 2.75. The summed E-state index contributed by atoms with van der Waals surface area (Å²) in [6.07, 6.45) is 12.3. The number of rotatable bonds is 4. The summed E-state index contributed by atoms with van der Waals surface area (Å²) in [6, 6.07) is 4.62. The Hall–Kier alpha value is -1.64. The number of hydrogen-bond donors (Lipinski definition) is 2. The zero-order valence-corrected chi connectivity index (χ0v) is 15.6. The minimum Gasteiger partial charge on any atom is -0.354 e. The van der Waals surface area contributed by atoms with Crippen LogP contribution in [0.2, 0.25) is 0 Å². The molecule has 0 unspecified atom stereocenters. The summed E-state index contributed by atoms with van der Waals surface area (Å²) in [5.74, 6) is 1.74. The Morgan fingerprint density at radius 3 is 2.87 bits per heavy atom. The van der Waals surface area contributed by atoms with E-state index in [4.69, 9.17) is 0 Å². The van der Waals surface area contributed by atoms with Crippen molar-refractivity contribution in [2.45, 2.75) is 38.3 Å². The van der Waals surface area contributed by atoms with E-state index < -0.39 is 0 Å². The third kappa shape index (κ3) is 4.92. The maximum atomic E-state index is 4.36. The first-order valence-electron chi connectivity index (χ1n) is 7.75. The molecule has 2 heterocycles. The van der Waals surface area contributed by atoms with Crippen LogP contribution in [-0.4, -0.2) is 33.6 Å². The minimum atomic E-state index is 0. The van der Waals surface area contributed by atoms with Crippen molar-refractivity contribution in [1.82, 2.24) is 25.2 Å². The molecule has 124 valence electrons. The molecule has 2 N–H and O–H groups in total. The molecule has 0 aromatic carbocycles. The largest absolute Gasteiger partial charge is 0.354 e. The van der Waals surface area contributed by atoms with Crippen molar-refractivity contribution in [2.24, 2.45) is 4.99 Å². The summed E-state index contributed by atoms with van der Waals surface area (Å²) in [5, 5.41) is 6.86. The van der Waals surface area contributed by atoms with Gasteiger partial charge in [0.2, 0.25) is 0 Å². The summed E-state index contributed by atoms with van der Waals surface area (Å²) in [5.41, 5.74) is 1.16. The average Bonchev–Trinajstić information content (AvgIpc) is 3.25. The number of hydrogen-bond acceptors (Lipinski definition) is 3. The molecule has 7 heteroatoms. The molecule has 1 aliphatic carbocycles. The number of halogens is 1. The van der Waals surface area contributed by atoms with Crippen LogP contribution >= 0.6 is 24.0 Å². The molecule has 0 saturated heterocycles. The number of nitrogens with zero attached hydrogens (tertiary/aromatic N) is 4. The lowest BCUT2D eigenvalue weighted by molar-refractivity contribution is 0.613. The molecule has 0 radical (unpaired) electrons. The van der Waals surface area contributed by atoms with E-state index in [1.165, 1.54) is 25.7 Å². The number of pyridine rings is 1. The number of aliphatic imine (C=N–C) groups is 1. The van der Waals surface area contributed by atoms with Crippen molar-refractivity contribution in [1.29, 1.82) is 0 Å². The van der Waals surface area contributed by atoms with Gasteiger partial charge in [-0.3, -0.25) is 9.56 Å². The Bertz CT molecular complexity index is 619. The van der Waals surface area contributed by atoms with Crippen molar-refractivity contribution in [3.8, 4) is 5.82 Å². The zero-order chi connectivity index (χ0) is 15.2. The normalized spacial score (nSPS) is 15.3. The van der Waals surface area contributed by atoms with Gasteiger partial charge in [0.15, 0.2) is 5.96 Å². The van der Waals surface area contributed by atoms with Gasteiger partial charge >= 0.3 is 0 Å². The summed E-state index contributed by atoms with van der Waals surface area (Å²) < 4.78 is 1.90. The molecule has 23 heavy (non-hydrogen) atoms. The summed E-state index contributed by atoms with van der Waals surface area (Å²) in [6.45, 7) is 0.719. The third-order valence-corrected chi connectivity index (χ3v) is 3.96. The van der Waals surface area contributed by atoms with Crippen molar-refractivity contribution in [3.63, 3.8) is 0 Å². The average molecular weight is 426 g/mol. The fourth-order valence-electron chi connectivity index (χ4n) is 2.75. The first kappa shape index (κ1) is 17.7. The topological polar surface area (TPSA) is 67.1 Å². The third-order valence-electron chi connectivity index (χ3n) is 3.96. The molecule has 2 aromatic rings. The van der Waals surface area contributed by atoms with E-state index in [1.54, 1.807) is 12.5 Å². The molecule has 0 amide bonds. The van der Waals surface area contributed by atoms with Crippen molar-refractivity contribution in [3.05, 3.63) is 42.6 Å². The summed E-state index contributed by atoms with van der Waals surface area (Å²) in [7, 11) is 1.81. The molecule has 6 nitrogen and oxygen atoms in total. The van der Waals surface area contributed by atoms with Gasteiger partial charge in [0.05, 0.1) is 0 Å².